The third-order valence-corrected chi connectivity index (χ3v) is 4.98. The zero-order valence-electron chi connectivity index (χ0n) is 16.2. The number of carbonyl (C=O) groups is 1. The van der Waals surface area contributed by atoms with Crippen molar-refractivity contribution in [3.63, 3.8) is 0 Å². The van der Waals surface area contributed by atoms with Gasteiger partial charge in [-0.15, -0.1) is 0 Å². The van der Waals surface area contributed by atoms with E-state index >= 15 is 0 Å². The summed E-state index contributed by atoms with van der Waals surface area (Å²) in [6.07, 6.45) is 0. The summed E-state index contributed by atoms with van der Waals surface area (Å²) in [7, 11) is 2.15. The number of anilines is 2. The van der Waals surface area contributed by atoms with Crippen LogP contribution in [-0.4, -0.2) is 44.0 Å². The van der Waals surface area contributed by atoms with Gasteiger partial charge in [-0.3, -0.25) is 4.79 Å². The number of nitrogens with one attached hydrogen (secondary N) is 1. The van der Waals surface area contributed by atoms with E-state index in [1.54, 1.807) is 0 Å². The van der Waals surface area contributed by atoms with E-state index < -0.39 is 0 Å². The molecule has 1 fully saturated rings. The number of hydrogen-bond donors (Lipinski definition) is 1. The summed E-state index contributed by atoms with van der Waals surface area (Å²) in [4.78, 5) is 17.4. The molecule has 2 aromatic carbocycles. The third kappa shape index (κ3) is 4.25. The fraction of sp³-hybridized carbons (Fsp3) is 0.409. The zero-order chi connectivity index (χ0) is 18.7. The summed E-state index contributed by atoms with van der Waals surface area (Å²) in [6, 6.07) is 16.0. The van der Waals surface area contributed by atoms with Crippen molar-refractivity contribution in [1.29, 1.82) is 0 Å². The molecule has 0 unspecified atom stereocenters. The molecule has 1 amide bonds. The zero-order valence-corrected chi connectivity index (χ0v) is 16.2. The van der Waals surface area contributed by atoms with Crippen molar-refractivity contribution in [3.05, 3.63) is 59.7 Å². The lowest BCUT2D eigenvalue weighted by Gasteiger charge is -2.34. The number of hydrogen-bond acceptors (Lipinski definition) is 3. The minimum atomic E-state index is -0.0633. The molecular weight excluding hydrogens is 322 g/mol. The van der Waals surface area contributed by atoms with Crippen LogP contribution in [-0.2, 0) is 5.41 Å². The van der Waals surface area contributed by atoms with Gasteiger partial charge in [0.25, 0.3) is 5.91 Å². The first-order chi connectivity index (χ1) is 12.3. The van der Waals surface area contributed by atoms with Crippen LogP contribution in [0.5, 0.6) is 0 Å². The second kappa shape index (κ2) is 7.50. The van der Waals surface area contributed by atoms with Crippen molar-refractivity contribution in [2.45, 2.75) is 26.2 Å². The number of amides is 1. The average Bonchev–Trinajstić information content (AvgIpc) is 2.62. The van der Waals surface area contributed by atoms with Gasteiger partial charge in [0.15, 0.2) is 0 Å². The van der Waals surface area contributed by atoms with Crippen LogP contribution in [0.3, 0.4) is 0 Å². The monoisotopic (exact) mass is 351 g/mol. The highest BCUT2D eigenvalue weighted by molar-refractivity contribution is 6.04. The molecule has 1 N–H and O–H groups in total. The molecule has 0 aliphatic carbocycles. The topological polar surface area (TPSA) is 35.6 Å². The van der Waals surface area contributed by atoms with Gasteiger partial charge in [0.05, 0.1) is 0 Å². The van der Waals surface area contributed by atoms with Crippen LogP contribution in [0.25, 0.3) is 0 Å². The largest absolute Gasteiger partial charge is 0.369 e. The fourth-order valence-corrected chi connectivity index (χ4v) is 3.33. The second-order valence-corrected chi connectivity index (χ2v) is 8.09. The normalized spacial score (nSPS) is 15.8. The molecule has 3 rings (SSSR count). The summed E-state index contributed by atoms with van der Waals surface area (Å²) in [5.41, 5.74) is 3.88. The number of para-hydroxylation sites is 1. The second-order valence-electron chi connectivity index (χ2n) is 8.09. The Hall–Kier alpha value is -2.33. The summed E-state index contributed by atoms with van der Waals surface area (Å²) in [6.45, 7) is 10.7. The van der Waals surface area contributed by atoms with E-state index in [2.05, 4.69) is 61.1 Å². The molecule has 1 heterocycles. The Balaban J connectivity index is 1.71. The van der Waals surface area contributed by atoms with Gasteiger partial charge in [0.1, 0.15) is 0 Å². The predicted octanol–water partition coefficient (Wildman–Crippen LogP) is 3.99. The molecule has 1 aliphatic rings. The SMILES string of the molecule is CN1CCN(c2ccc(C(=O)Nc3ccccc3C(C)(C)C)cc2)CC1. The molecule has 0 atom stereocenters. The molecule has 0 saturated carbocycles. The molecule has 0 bridgehead atoms. The minimum absolute atomic E-state index is 0.0187. The van der Waals surface area contributed by atoms with E-state index in [1.807, 2.05) is 30.3 Å². The molecule has 138 valence electrons. The molecule has 26 heavy (non-hydrogen) atoms. The van der Waals surface area contributed by atoms with Gasteiger partial charge in [-0.1, -0.05) is 39.0 Å². The Morgan fingerprint density at radius 2 is 1.54 bits per heavy atom. The molecule has 4 heteroatoms. The quantitative estimate of drug-likeness (QED) is 0.908. The van der Waals surface area contributed by atoms with Gasteiger partial charge in [-0.2, -0.15) is 0 Å². The number of piperazine rings is 1. The molecule has 1 saturated heterocycles. The molecule has 4 nitrogen and oxygen atoms in total. The summed E-state index contributed by atoms with van der Waals surface area (Å²) in [5.74, 6) is -0.0633. The maximum absolute atomic E-state index is 12.7. The first-order valence-electron chi connectivity index (χ1n) is 9.29. The minimum Gasteiger partial charge on any atom is -0.369 e. The van der Waals surface area contributed by atoms with Gasteiger partial charge in [-0.05, 0) is 48.4 Å². The number of rotatable bonds is 3. The summed E-state index contributed by atoms with van der Waals surface area (Å²) in [5, 5.41) is 3.08. The van der Waals surface area contributed by atoms with Crippen LogP contribution < -0.4 is 10.2 Å². The molecular formula is C22H29N3O. The van der Waals surface area contributed by atoms with E-state index in [9.17, 15) is 4.79 Å². The summed E-state index contributed by atoms with van der Waals surface area (Å²) >= 11 is 0. The highest BCUT2D eigenvalue weighted by atomic mass is 16.1. The molecule has 0 radical (unpaired) electrons. The summed E-state index contributed by atoms with van der Waals surface area (Å²) < 4.78 is 0. The first-order valence-corrected chi connectivity index (χ1v) is 9.29. The maximum atomic E-state index is 12.7. The van der Waals surface area contributed by atoms with E-state index in [0.29, 0.717) is 5.56 Å². The van der Waals surface area contributed by atoms with Gasteiger partial charge in [0, 0.05) is 43.1 Å². The highest BCUT2D eigenvalue weighted by Crippen LogP contribution is 2.29. The number of benzene rings is 2. The van der Waals surface area contributed by atoms with Gasteiger partial charge >= 0.3 is 0 Å². The van der Waals surface area contributed by atoms with Crippen LogP contribution in [0.2, 0.25) is 0 Å². The van der Waals surface area contributed by atoms with Crippen molar-refractivity contribution >= 4 is 17.3 Å². The Kier molecular flexibility index (Phi) is 5.33. The fourth-order valence-electron chi connectivity index (χ4n) is 3.33. The smallest absolute Gasteiger partial charge is 0.255 e. The van der Waals surface area contributed by atoms with E-state index in [1.165, 1.54) is 5.69 Å². The molecule has 1 aliphatic heterocycles. The van der Waals surface area contributed by atoms with E-state index in [-0.39, 0.29) is 11.3 Å². The molecule has 0 spiro atoms. The van der Waals surface area contributed by atoms with Crippen LogP contribution >= 0.6 is 0 Å². The van der Waals surface area contributed by atoms with Crippen molar-refractivity contribution in [3.8, 4) is 0 Å². The molecule has 0 aromatic heterocycles. The lowest BCUT2D eigenvalue weighted by Crippen LogP contribution is -2.44. The van der Waals surface area contributed by atoms with Crippen molar-refractivity contribution in [2.24, 2.45) is 0 Å². The van der Waals surface area contributed by atoms with Gasteiger partial charge < -0.3 is 15.1 Å². The van der Waals surface area contributed by atoms with Gasteiger partial charge in [-0.25, -0.2) is 0 Å². The van der Waals surface area contributed by atoms with E-state index in [4.69, 9.17) is 0 Å². The van der Waals surface area contributed by atoms with Gasteiger partial charge in [0.2, 0.25) is 0 Å². The average molecular weight is 351 g/mol. The lowest BCUT2D eigenvalue weighted by atomic mass is 9.86. The Labute approximate surface area is 156 Å². The van der Waals surface area contributed by atoms with Crippen LogP contribution in [0.4, 0.5) is 11.4 Å². The van der Waals surface area contributed by atoms with Crippen LogP contribution in [0.1, 0.15) is 36.7 Å². The highest BCUT2D eigenvalue weighted by Gasteiger charge is 2.19. The van der Waals surface area contributed by atoms with Crippen LogP contribution in [0.15, 0.2) is 48.5 Å². The first kappa shape index (κ1) is 18.5. The Bertz CT molecular complexity index is 754. The van der Waals surface area contributed by atoms with Crippen molar-refractivity contribution in [2.75, 3.05) is 43.4 Å². The van der Waals surface area contributed by atoms with Crippen LogP contribution in [0, 0.1) is 0 Å². The van der Waals surface area contributed by atoms with Crippen molar-refractivity contribution in [1.82, 2.24) is 4.90 Å². The predicted molar refractivity (Wildman–Crippen MR) is 109 cm³/mol. The number of likely N-dealkylation sites (N-methyl/N-ethyl adjacent to an activating group) is 1. The molecule has 2 aromatic rings. The van der Waals surface area contributed by atoms with Crippen molar-refractivity contribution < 1.29 is 4.79 Å². The number of nitrogens with zero attached hydrogens (tertiary/aromatic N) is 2. The standard InChI is InChI=1S/C22H29N3O/c1-22(2,3)19-7-5-6-8-20(19)23-21(26)17-9-11-18(12-10-17)25-15-13-24(4)14-16-25/h5-12H,13-16H2,1-4H3,(H,23,26). The lowest BCUT2D eigenvalue weighted by molar-refractivity contribution is 0.102. The maximum Gasteiger partial charge on any atom is 0.255 e. The van der Waals surface area contributed by atoms with E-state index in [0.717, 1.165) is 37.4 Å². The number of carbonyl (C=O) groups excluding carboxylic acids is 1. The Morgan fingerprint density at radius 1 is 0.923 bits per heavy atom. The Morgan fingerprint density at radius 3 is 2.15 bits per heavy atom. The third-order valence-electron chi connectivity index (χ3n) is 4.98.